The maximum Gasteiger partial charge on any atom is 0.410 e. The van der Waals surface area contributed by atoms with Crippen LogP contribution >= 0.6 is 11.3 Å². The van der Waals surface area contributed by atoms with E-state index < -0.39 is 5.60 Å². The molecule has 2 heterocycles. The second kappa shape index (κ2) is 6.91. The largest absolute Gasteiger partial charge is 0.444 e. The summed E-state index contributed by atoms with van der Waals surface area (Å²) in [5, 5.41) is 1.94. The quantitative estimate of drug-likeness (QED) is 0.849. The third-order valence-electron chi connectivity index (χ3n) is 3.87. The lowest BCUT2D eigenvalue weighted by atomic mass is 10.1. The molecule has 0 unspecified atom stereocenters. The van der Waals surface area contributed by atoms with E-state index in [4.69, 9.17) is 4.74 Å². The normalized spacial score (nSPS) is 18.1. The molecule has 1 aliphatic heterocycles. The van der Waals surface area contributed by atoms with Gasteiger partial charge in [0.05, 0.1) is 4.88 Å². The molecule has 1 saturated heterocycles. The molecule has 0 radical (unpaired) electrons. The van der Waals surface area contributed by atoms with Crippen molar-refractivity contribution in [2.45, 2.75) is 39.7 Å². The van der Waals surface area contributed by atoms with Crippen molar-refractivity contribution in [1.82, 2.24) is 9.80 Å². The zero-order valence-electron chi connectivity index (χ0n) is 14.6. The Labute approximate surface area is 142 Å². The van der Waals surface area contributed by atoms with Crippen molar-refractivity contribution in [3.05, 3.63) is 21.9 Å². The van der Waals surface area contributed by atoms with Crippen LogP contribution in [0.3, 0.4) is 0 Å². The summed E-state index contributed by atoms with van der Waals surface area (Å²) < 4.78 is 5.41. The first-order valence-electron chi connectivity index (χ1n) is 7.95. The van der Waals surface area contributed by atoms with Crippen LogP contribution in [0.4, 0.5) is 4.79 Å². The molecule has 0 spiro atoms. The number of thiophene rings is 1. The first kappa shape index (κ1) is 17.8. The maximum atomic E-state index is 12.4. The van der Waals surface area contributed by atoms with E-state index in [1.807, 2.05) is 46.2 Å². The van der Waals surface area contributed by atoms with Crippen molar-refractivity contribution >= 4 is 23.3 Å². The third-order valence-corrected chi connectivity index (χ3v) is 4.88. The molecule has 0 N–H and O–H groups in total. The highest BCUT2D eigenvalue weighted by Gasteiger charge is 2.31. The van der Waals surface area contributed by atoms with Crippen LogP contribution in [0.5, 0.6) is 0 Å². The van der Waals surface area contributed by atoms with Gasteiger partial charge in [-0.05, 0) is 57.0 Å². The Morgan fingerprint density at radius 3 is 2.70 bits per heavy atom. The molecule has 1 aliphatic rings. The van der Waals surface area contributed by atoms with E-state index in [0.717, 1.165) is 16.9 Å². The van der Waals surface area contributed by atoms with Crippen LogP contribution in [0.25, 0.3) is 0 Å². The number of hydrogen-bond donors (Lipinski definition) is 0. The van der Waals surface area contributed by atoms with E-state index in [2.05, 4.69) is 0 Å². The van der Waals surface area contributed by atoms with Crippen LogP contribution in [0.2, 0.25) is 0 Å². The molecule has 5 nitrogen and oxygen atoms in total. The fourth-order valence-electron chi connectivity index (χ4n) is 2.71. The van der Waals surface area contributed by atoms with Gasteiger partial charge in [-0.2, -0.15) is 0 Å². The molecule has 1 fully saturated rings. The molecule has 2 rings (SSSR count). The molecule has 128 valence electrons. The Hall–Kier alpha value is -1.56. The molecule has 1 aromatic heterocycles. The van der Waals surface area contributed by atoms with E-state index in [9.17, 15) is 9.59 Å². The molecule has 23 heavy (non-hydrogen) atoms. The van der Waals surface area contributed by atoms with Crippen LogP contribution in [0, 0.1) is 12.8 Å². The van der Waals surface area contributed by atoms with Gasteiger partial charge in [0.15, 0.2) is 0 Å². The van der Waals surface area contributed by atoms with Crippen LogP contribution in [-0.2, 0) is 4.74 Å². The molecule has 1 atom stereocenters. The van der Waals surface area contributed by atoms with Crippen molar-refractivity contribution < 1.29 is 14.3 Å². The van der Waals surface area contributed by atoms with Gasteiger partial charge in [0, 0.05) is 26.7 Å². The van der Waals surface area contributed by atoms with Gasteiger partial charge in [0.25, 0.3) is 5.91 Å². The number of rotatable bonds is 3. The van der Waals surface area contributed by atoms with Gasteiger partial charge in [-0.1, -0.05) is 0 Å². The van der Waals surface area contributed by atoms with Crippen molar-refractivity contribution in [3.63, 3.8) is 0 Å². The van der Waals surface area contributed by atoms with Gasteiger partial charge < -0.3 is 14.5 Å². The molecular weight excluding hydrogens is 312 g/mol. The lowest BCUT2D eigenvalue weighted by Crippen LogP contribution is -2.37. The first-order valence-corrected chi connectivity index (χ1v) is 8.83. The summed E-state index contributed by atoms with van der Waals surface area (Å²) in [6.07, 6.45) is 0.642. The van der Waals surface area contributed by atoms with E-state index in [-0.39, 0.29) is 12.0 Å². The average Bonchev–Trinajstić information content (AvgIpc) is 3.05. The minimum atomic E-state index is -0.474. The molecule has 0 bridgehead atoms. The third kappa shape index (κ3) is 4.70. The summed E-state index contributed by atoms with van der Waals surface area (Å²) in [6.45, 7) is 9.57. The van der Waals surface area contributed by atoms with Gasteiger partial charge in [-0.3, -0.25) is 4.79 Å². The molecule has 1 aromatic rings. The van der Waals surface area contributed by atoms with Crippen molar-refractivity contribution in [3.8, 4) is 0 Å². The lowest BCUT2D eigenvalue weighted by Gasteiger charge is -2.25. The van der Waals surface area contributed by atoms with Gasteiger partial charge in [-0.15, -0.1) is 11.3 Å². The summed E-state index contributed by atoms with van der Waals surface area (Å²) in [7, 11) is 1.83. The standard InChI is InChI=1S/C17H26N2O3S/c1-12-7-9-23-14(12)15(20)18(5)10-13-6-8-19(11-13)16(21)22-17(2,3)4/h7,9,13H,6,8,10-11H2,1-5H3/t13-/m1/s1. The number of carbonyl (C=O) groups is 2. The predicted octanol–water partition coefficient (Wildman–Crippen LogP) is 3.39. The number of amides is 2. The second-order valence-corrected chi connectivity index (χ2v) is 8.12. The Bertz CT molecular complexity index is 577. The molecular formula is C17H26N2O3S. The molecule has 6 heteroatoms. The fraction of sp³-hybridized carbons (Fsp3) is 0.647. The monoisotopic (exact) mass is 338 g/mol. The highest BCUT2D eigenvalue weighted by molar-refractivity contribution is 7.12. The number of aryl methyl sites for hydroxylation is 1. The van der Waals surface area contributed by atoms with Crippen LogP contribution in [-0.4, -0.2) is 54.1 Å². The average molecular weight is 338 g/mol. The van der Waals surface area contributed by atoms with Gasteiger partial charge in [-0.25, -0.2) is 4.79 Å². The Balaban J connectivity index is 1.87. The number of ether oxygens (including phenoxy) is 1. The van der Waals surface area contributed by atoms with Crippen LogP contribution < -0.4 is 0 Å². The predicted molar refractivity (Wildman–Crippen MR) is 91.9 cm³/mol. The minimum Gasteiger partial charge on any atom is -0.444 e. The minimum absolute atomic E-state index is 0.0632. The van der Waals surface area contributed by atoms with Gasteiger partial charge in [0.2, 0.25) is 0 Å². The Morgan fingerprint density at radius 2 is 2.13 bits per heavy atom. The zero-order chi connectivity index (χ0) is 17.2. The molecule has 0 saturated carbocycles. The maximum absolute atomic E-state index is 12.4. The number of likely N-dealkylation sites (tertiary alicyclic amines) is 1. The summed E-state index contributed by atoms with van der Waals surface area (Å²) >= 11 is 1.48. The van der Waals surface area contributed by atoms with Crippen molar-refractivity contribution in [2.75, 3.05) is 26.7 Å². The van der Waals surface area contributed by atoms with Gasteiger partial charge in [0.1, 0.15) is 5.60 Å². The SMILES string of the molecule is Cc1ccsc1C(=O)N(C)C[C@H]1CCN(C(=O)OC(C)(C)C)C1. The summed E-state index contributed by atoms with van der Waals surface area (Å²) in [4.78, 5) is 28.8. The number of hydrogen-bond acceptors (Lipinski definition) is 4. The van der Waals surface area contributed by atoms with Crippen molar-refractivity contribution in [1.29, 1.82) is 0 Å². The van der Waals surface area contributed by atoms with E-state index in [1.165, 1.54) is 11.3 Å². The topological polar surface area (TPSA) is 49.9 Å². The van der Waals surface area contributed by atoms with Crippen LogP contribution in [0.15, 0.2) is 11.4 Å². The number of nitrogens with zero attached hydrogens (tertiary/aromatic N) is 2. The lowest BCUT2D eigenvalue weighted by molar-refractivity contribution is 0.0286. The van der Waals surface area contributed by atoms with E-state index in [0.29, 0.717) is 25.6 Å². The highest BCUT2D eigenvalue weighted by atomic mass is 32.1. The zero-order valence-corrected chi connectivity index (χ0v) is 15.4. The second-order valence-electron chi connectivity index (χ2n) is 7.20. The van der Waals surface area contributed by atoms with Crippen LogP contribution in [0.1, 0.15) is 42.4 Å². The molecule has 0 aromatic carbocycles. The summed E-state index contributed by atoms with van der Waals surface area (Å²) in [5.74, 6) is 0.366. The van der Waals surface area contributed by atoms with E-state index in [1.54, 1.807) is 9.80 Å². The fourth-order valence-corrected chi connectivity index (χ4v) is 3.63. The first-order chi connectivity index (χ1) is 10.7. The number of carbonyl (C=O) groups excluding carboxylic acids is 2. The molecule has 0 aliphatic carbocycles. The Morgan fingerprint density at radius 1 is 1.43 bits per heavy atom. The Kier molecular flexibility index (Phi) is 5.34. The van der Waals surface area contributed by atoms with Crippen molar-refractivity contribution in [2.24, 2.45) is 5.92 Å². The summed E-state index contributed by atoms with van der Waals surface area (Å²) in [5.41, 5.74) is 0.548. The van der Waals surface area contributed by atoms with E-state index >= 15 is 0 Å². The smallest absolute Gasteiger partial charge is 0.410 e. The van der Waals surface area contributed by atoms with Gasteiger partial charge >= 0.3 is 6.09 Å². The summed E-state index contributed by atoms with van der Waals surface area (Å²) in [6, 6.07) is 1.96. The highest BCUT2D eigenvalue weighted by Crippen LogP contribution is 2.22. The molecule has 2 amide bonds.